The molecule has 0 bridgehead atoms. The molecule has 1 heterocycles. The average molecular weight is 218 g/mol. The van der Waals surface area contributed by atoms with Crippen LogP contribution in [0.15, 0.2) is 6.20 Å². The Morgan fingerprint density at radius 1 is 1.44 bits per heavy atom. The number of carbonyl (C=O) groups is 1. The van der Waals surface area contributed by atoms with E-state index in [0.29, 0.717) is 11.1 Å². The van der Waals surface area contributed by atoms with Crippen molar-refractivity contribution in [1.82, 2.24) is 9.78 Å². The second-order valence-electron chi connectivity index (χ2n) is 6.08. The maximum Gasteiger partial charge on any atom is 0.189 e. The first-order chi connectivity index (χ1) is 7.44. The second kappa shape index (κ2) is 2.76. The first kappa shape index (κ1) is 10.1. The maximum atomic E-state index is 12.4. The van der Waals surface area contributed by atoms with Crippen molar-refractivity contribution >= 4 is 5.78 Å². The van der Waals surface area contributed by atoms with Gasteiger partial charge in [-0.1, -0.05) is 6.92 Å². The van der Waals surface area contributed by atoms with Crippen LogP contribution >= 0.6 is 0 Å². The van der Waals surface area contributed by atoms with Crippen LogP contribution in [0, 0.1) is 17.8 Å². The summed E-state index contributed by atoms with van der Waals surface area (Å²) in [5.74, 6) is 0.253. The number of rotatable bonds is 2. The van der Waals surface area contributed by atoms with Crippen LogP contribution in [0.25, 0.3) is 0 Å². The van der Waals surface area contributed by atoms with Gasteiger partial charge in [0.25, 0.3) is 0 Å². The van der Waals surface area contributed by atoms with Crippen LogP contribution in [-0.4, -0.2) is 15.6 Å². The summed E-state index contributed by atoms with van der Waals surface area (Å²) in [6.07, 6.45) is 6.74. The monoisotopic (exact) mass is 218 g/mol. The van der Waals surface area contributed by atoms with Gasteiger partial charge in [-0.15, -0.1) is 0 Å². The fourth-order valence-electron chi connectivity index (χ4n) is 3.41. The quantitative estimate of drug-likeness (QED) is 0.715. The third-order valence-electron chi connectivity index (χ3n) is 4.26. The van der Waals surface area contributed by atoms with Crippen molar-refractivity contribution < 1.29 is 4.79 Å². The van der Waals surface area contributed by atoms with E-state index >= 15 is 0 Å². The molecule has 0 radical (unpaired) electrons. The van der Waals surface area contributed by atoms with Crippen LogP contribution in [0.5, 0.6) is 0 Å². The molecule has 1 aromatic rings. The van der Waals surface area contributed by atoms with Gasteiger partial charge < -0.3 is 0 Å². The highest BCUT2D eigenvalue weighted by molar-refractivity contribution is 6.00. The SMILES string of the molecule is Cc1cn(C)nc1C(=O)C1(C)CC2(CC2)C1. The number of hydrogen-bond donors (Lipinski definition) is 0. The highest BCUT2D eigenvalue weighted by atomic mass is 16.1. The van der Waals surface area contributed by atoms with E-state index in [2.05, 4.69) is 12.0 Å². The largest absolute Gasteiger partial charge is 0.292 e. The molecule has 0 aromatic carbocycles. The lowest BCUT2D eigenvalue weighted by Crippen LogP contribution is -2.43. The fraction of sp³-hybridized carbons (Fsp3) is 0.692. The number of Topliss-reactive ketones (excluding diaryl/α,β-unsaturated/α-hetero) is 1. The molecule has 2 aliphatic rings. The van der Waals surface area contributed by atoms with Crippen LogP contribution in [0.1, 0.15) is 48.7 Å². The van der Waals surface area contributed by atoms with E-state index in [1.54, 1.807) is 4.68 Å². The van der Waals surface area contributed by atoms with Gasteiger partial charge in [-0.25, -0.2) is 0 Å². The summed E-state index contributed by atoms with van der Waals surface area (Å²) in [5.41, 5.74) is 2.12. The Morgan fingerprint density at radius 2 is 2.06 bits per heavy atom. The smallest absolute Gasteiger partial charge is 0.189 e. The van der Waals surface area contributed by atoms with Crippen LogP contribution in [0.2, 0.25) is 0 Å². The minimum atomic E-state index is -0.129. The van der Waals surface area contributed by atoms with Gasteiger partial charge in [-0.2, -0.15) is 5.10 Å². The summed E-state index contributed by atoms with van der Waals surface area (Å²) in [7, 11) is 1.87. The van der Waals surface area contributed by atoms with Gasteiger partial charge in [-0.05, 0) is 43.6 Å². The second-order valence-corrected chi connectivity index (χ2v) is 6.08. The Bertz CT molecular complexity index is 460. The zero-order valence-electron chi connectivity index (χ0n) is 10.2. The van der Waals surface area contributed by atoms with Crippen molar-refractivity contribution in [2.75, 3.05) is 0 Å². The van der Waals surface area contributed by atoms with E-state index in [-0.39, 0.29) is 11.2 Å². The molecular weight excluding hydrogens is 200 g/mol. The third kappa shape index (κ3) is 1.27. The van der Waals surface area contributed by atoms with Gasteiger partial charge in [0, 0.05) is 18.7 Å². The van der Waals surface area contributed by atoms with Gasteiger partial charge in [0.2, 0.25) is 0 Å². The molecule has 0 aliphatic heterocycles. The lowest BCUT2D eigenvalue weighted by molar-refractivity contribution is 0.0381. The summed E-state index contributed by atoms with van der Waals surface area (Å²) in [5, 5.41) is 4.29. The normalized spacial score (nSPS) is 24.2. The molecule has 0 unspecified atom stereocenters. The number of ketones is 1. The lowest BCUT2D eigenvalue weighted by Gasteiger charge is -2.44. The van der Waals surface area contributed by atoms with Crippen molar-refractivity contribution in [3.05, 3.63) is 17.5 Å². The molecule has 0 amide bonds. The Morgan fingerprint density at radius 3 is 2.50 bits per heavy atom. The van der Waals surface area contributed by atoms with E-state index < -0.39 is 0 Å². The number of nitrogens with zero attached hydrogens (tertiary/aromatic N) is 2. The molecule has 86 valence electrons. The molecular formula is C13H18N2O. The Hall–Kier alpha value is -1.12. The van der Waals surface area contributed by atoms with Gasteiger partial charge >= 0.3 is 0 Å². The van der Waals surface area contributed by atoms with E-state index in [1.807, 2.05) is 20.2 Å². The molecule has 0 saturated heterocycles. The molecule has 3 rings (SSSR count). The summed E-state index contributed by atoms with van der Waals surface area (Å²) < 4.78 is 1.73. The van der Waals surface area contributed by atoms with Crippen LogP contribution in [-0.2, 0) is 7.05 Å². The third-order valence-corrected chi connectivity index (χ3v) is 4.26. The average Bonchev–Trinajstić information content (AvgIpc) is 2.84. The van der Waals surface area contributed by atoms with Crippen LogP contribution in [0.4, 0.5) is 0 Å². The molecule has 1 aromatic heterocycles. The van der Waals surface area contributed by atoms with Gasteiger partial charge in [0.1, 0.15) is 5.69 Å². The van der Waals surface area contributed by atoms with Gasteiger partial charge in [0.05, 0.1) is 0 Å². The molecule has 2 fully saturated rings. The standard InChI is InChI=1S/C13H18N2O/c1-9-6-15(3)14-10(9)11(16)12(2)7-13(8-12)4-5-13/h6H,4-5,7-8H2,1-3H3. The first-order valence-electron chi connectivity index (χ1n) is 5.99. The highest BCUT2D eigenvalue weighted by Crippen LogP contribution is 2.69. The molecule has 3 nitrogen and oxygen atoms in total. The van der Waals surface area contributed by atoms with E-state index in [0.717, 1.165) is 18.4 Å². The molecule has 16 heavy (non-hydrogen) atoms. The number of carbonyl (C=O) groups excluding carboxylic acids is 1. The maximum absolute atomic E-state index is 12.4. The minimum Gasteiger partial charge on any atom is -0.292 e. The number of aryl methyl sites for hydroxylation is 2. The first-order valence-corrected chi connectivity index (χ1v) is 5.99. The van der Waals surface area contributed by atoms with Crippen molar-refractivity contribution in [2.45, 2.75) is 39.5 Å². The predicted octanol–water partition coefficient (Wildman–Crippen LogP) is 2.49. The fourth-order valence-corrected chi connectivity index (χ4v) is 3.41. The topological polar surface area (TPSA) is 34.9 Å². The van der Waals surface area contributed by atoms with E-state index in [9.17, 15) is 4.79 Å². The van der Waals surface area contributed by atoms with E-state index in [4.69, 9.17) is 0 Å². The Labute approximate surface area is 95.8 Å². The zero-order valence-corrected chi connectivity index (χ0v) is 10.2. The van der Waals surface area contributed by atoms with Crippen molar-refractivity contribution in [2.24, 2.45) is 17.9 Å². The molecule has 1 spiro atoms. The summed E-state index contributed by atoms with van der Waals surface area (Å²) in [6.45, 7) is 4.07. The molecule has 3 heteroatoms. The molecule has 2 saturated carbocycles. The lowest BCUT2D eigenvalue weighted by atomic mass is 9.58. The minimum absolute atomic E-state index is 0.129. The number of hydrogen-bond acceptors (Lipinski definition) is 2. The van der Waals surface area contributed by atoms with Crippen molar-refractivity contribution in [1.29, 1.82) is 0 Å². The molecule has 0 N–H and O–H groups in total. The molecule has 0 atom stereocenters. The van der Waals surface area contributed by atoms with Crippen LogP contribution < -0.4 is 0 Å². The molecule has 2 aliphatic carbocycles. The summed E-state index contributed by atoms with van der Waals surface area (Å²) >= 11 is 0. The summed E-state index contributed by atoms with van der Waals surface area (Å²) in [4.78, 5) is 12.4. The van der Waals surface area contributed by atoms with Crippen molar-refractivity contribution in [3.8, 4) is 0 Å². The van der Waals surface area contributed by atoms with Gasteiger partial charge in [-0.3, -0.25) is 9.48 Å². The number of aromatic nitrogens is 2. The van der Waals surface area contributed by atoms with Crippen LogP contribution in [0.3, 0.4) is 0 Å². The van der Waals surface area contributed by atoms with Crippen molar-refractivity contribution in [3.63, 3.8) is 0 Å². The highest BCUT2D eigenvalue weighted by Gasteiger charge is 2.61. The Balaban J connectivity index is 1.85. The van der Waals surface area contributed by atoms with E-state index in [1.165, 1.54) is 12.8 Å². The Kier molecular flexibility index (Phi) is 1.74. The predicted molar refractivity (Wildman–Crippen MR) is 61.3 cm³/mol. The zero-order chi connectivity index (χ0) is 11.6. The summed E-state index contributed by atoms with van der Waals surface area (Å²) in [6, 6.07) is 0. The van der Waals surface area contributed by atoms with Gasteiger partial charge in [0.15, 0.2) is 5.78 Å².